The minimum Gasteiger partial charge on any atom is -0.324 e. The average Bonchev–Trinajstić information content (AvgIpc) is 2.39. The molecule has 1 aliphatic heterocycles. The number of hydrogen-bond donors (Lipinski definition) is 2. The summed E-state index contributed by atoms with van der Waals surface area (Å²) in [6, 6.07) is 0.918. The van der Waals surface area contributed by atoms with Crippen molar-refractivity contribution in [1.82, 2.24) is 5.32 Å². The van der Waals surface area contributed by atoms with Crippen molar-refractivity contribution in [3.8, 4) is 0 Å². The molecule has 0 spiro atoms. The van der Waals surface area contributed by atoms with Crippen molar-refractivity contribution in [3.05, 3.63) is 23.3 Å². The van der Waals surface area contributed by atoms with Crippen LogP contribution in [0.25, 0.3) is 0 Å². The third kappa shape index (κ3) is 2.74. The molecule has 0 bridgehead atoms. The van der Waals surface area contributed by atoms with E-state index < -0.39 is 0 Å². The van der Waals surface area contributed by atoms with Gasteiger partial charge in [-0.2, -0.15) is 0 Å². The number of rotatable bonds is 3. The van der Waals surface area contributed by atoms with Gasteiger partial charge in [0.25, 0.3) is 0 Å². The Kier molecular flexibility index (Phi) is 4.19. The van der Waals surface area contributed by atoms with Gasteiger partial charge in [-0.1, -0.05) is 36.6 Å². The van der Waals surface area contributed by atoms with E-state index in [2.05, 4.69) is 24.4 Å². The van der Waals surface area contributed by atoms with Gasteiger partial charge in [0, 0.05) is 12.1 Å². The van der Waals surface area contributed by atoms with E-state index in [0.29, 0.717) is 6.04 Å². The summed E-state index contributed by atoms with van der Waals surface area (Å²) in [4.78, 5) is 0. The van der Waals surface area contributed by atoms with Crippen LogP contribution >= 0.6 is 0 Å². The van der Waals surface area contributed by atoms with E-state index in [-0.39, 0.29) is 6.04 Å². The topological polar surface area (TPSA) is 38.0 Å². The number of nitrogens with one attached hydrogen (secondary N) is 1. The predicted molar refractivity (Wildman–Crippen MR) is 69.3 cm³/mol. The summed E-state index contributed by atoms with van der Waals surface area (Å²) in [5.74, 6) is 0. The summed E-state index contributed by atoms with van der Waals surface area (Å²) in [7, 11) is 0. The largest absolute Gasteiger partial charge is 0.324 e. The van der Waals surface area contributed by atoms with Crippen molar-refractivity contribution in [2.75, 3.05) is 6.54 Å². The monoisotopic (exact) mass is 220 g/mol. The van der Waals surface area contributed by atoms with Gasteiger partial charge in [-0.15, -0.1) is 0 Å². The fourth-order valence-electron chi connectivity index (χ4n) is 2.70. The van der Waals surface area contributed by atoms with Crippen molar-refractivity contribution in [2.45, 2.75) is 57.5 Å². The summed E-state index contributed by atoms with van der Waals surface area (Å²) in [6.07, 6.45) is 12.0. The third-order valence-electron chi connectivity index (χ3n) is 3.89. The molecule has 3 N–H and O–H groups in total. The van der Waals surface area contributed by atoms with Crippen LogP contribution in [0.4, 0.5) is 0 Å². The zero-order chi connectivity index (χ0) is 11.4. The zero-order valence-corrected chi connectivity index (χ0v) is 10.3. The van der Waals surface area contributed by atoms with E-state index >= 15 is 0 Å². The number of hydrogen-bond acceptors (Lipinski definition) is 2. The molecule has 1 heterocycles. The molecule has 0 aromatic carbocycles. The van der Waals surface area contributed by atoms with Crippen LogP contribution < -0.4 is 11.1 Å². The molecule has 2 nitrogen and oxygen atoms in total. The zero-order valence-electron chi connectivity index (χ0n) is 10.3. The molecule has 1 aliphatic carbocycles. The number of piperidine rings is 1. The van der Waals surface area contributed by atoms with Crippen LogP contribution in [-0.2, 0) is 0 Å². The Morgan fingerprint density at radius 1 is 1.38 bits per heavy atom. The van der Waals surface area contributed by atoms with E-state index in [1.165, 1.54) is 44.2 Å². The molecular weight excluding hydrogens is 196 g/mol. The van der Waals surface area contributed by atoms with Crippen LogP contribution in [0.3, 0.4) is 0 Å². The van der Waals surface area contributed by atoms with Crippen LogP contribution in [0.1, 0.15) is 45.4 Å². The third-order valence-corrected chi connectivity index (χ3v) is 3.89. The average molecular weight is 220 g/mol. The molecule has 90 valence electrons. The van der Waals surface area contributed by atoms with E-state index in [9.17, 15) is 0 Å². The van der Waals surface area contributed by atoms with Crippen molar-refractivity contribution in [1.29, 1.82) is 0 Å². The maximum atomic E-state index is 6.06. The van der Waals surface area contributed by atoms with Gasteiger partial charge in [0.15, 0.2) is 0 Å². The first-order valence-corrected chi connectivity index (χ1v) is 6.69. The van der Waals surface area contributed by atoms with E-state index in [1.54, 1.807) is 5.57 Å². The molecule has 2 atom stereocenters. The number of allylic oxidation sites excluding steroid dienone is 2. The summed E-state index contributed by atoms with van der Waals surface area (Å²) in [5, 5.41) is 3.62. The first-order chi connectivity index (χ1) is 7.81. The number of nitrogens with two attached hydrogens (primary N) is 1. The highest BCUT2D eigenvalue weighted by Gasteiger charge is 2.19. The van der Waals surface area contributed by atoms with Gasteiger partial charge in [0.2, 0.25) is 0 Å². The molecule has 0 radical (unpaired) electrons. The van der Waals surface area contributed by atoms with E-state index in [1.807, 2.05) is 0 Å². The molecule has 2 unspecified atom stereocenters. The standard InChI is InChI=1S/C14H24N2/c1-2-13(15)11-6-8-12(9-7-11)14-5-3-4-10-16-14/h6,8,13-14,16H,2-5,7,9-10,15H2,1H3. The first kappa shape index (κ1) is 11.9. The van der Waals surface area contributed by atoms with E-state index in [4.69, 9.17) is 5.73 Å². The van der Waals surface area contributed by atoms with E-state index in [0.717, 1.165) is 6.42 Å². The fourth-order valence-corrected chi connectivity index (χ4v) is 2.70. The van der Waals surface area contributed by atoms with Gasteiger partial charge >= 0.3 is 0 Å². The van der Waals surface area contributed by atoms with Crippen LogP contribution in [0.15, 0.2) is 23.3 Å². The lowest BCUT2D eigenvalue weighted by atomic mass is 9.87. The Morgan fingerprint density at radius 2 is 2.25 bits per heavy atom. The molecule has 2 aliphatic rings. The van der Waals surface area contributed by atoms with Crippen LogP contribution in [-0.4, -0.2) is 18.6 Å². The second-order valence-electron chi connectivity index (χ2n) is 5.00. The summed E-state index contributed by atoms with van der Waals surface area (Å²) >= 11 is 0. The van der Waals surface area contributed by atoms with Gasteiger partial charge in [-0.25, -0.2) is 0 Å². The highest BCUT2D eigenvalue weighted by atomic mass is 14.9. The lowest BCUT2D eigenvalue weighted by Gasteiger charge is -2.28. The van der Waals surface area contributed by atoms with Crippen LogP contribution in [0.2, 0.25) is 0 Å². The van der Waals surface area contributed by atoms with Gasteiger partial charge < -0.3 is 11.1 Å². The Bertz CT molecular complexity index is 285. The molecule has 1 saturated heterocycles. The SMILES string of the molecule is CCC(N)C1=CC=C(C2CCCCN2)CC1. The van der Waals surface area contributed by atoms with Crippen molar-refractivity contribution < 1.29 is 0 Å². The molecule has 0 saturated carbocycles. The summed E-state index contributed by atoms with van der Waals surface area (Å²) in [5.41, 5.74) is 9.08. The Labute approximate surface area is 99.0 Å². The highest BCUT2D eigenvalue weighted by Crippen LogP contribution is 2.26. The lowest BCUT2D eigenvalue weighted by Crippen LogP contribution is -2.36. The molecule has 0 aromatic rings. The van der Waals surface area contributed by atoms with Gasteiger partial charge in [-0.3, -0.25) is 0 Å². The molecule has 0 aromatic heterocycles. The summed E-state index contributed by atoms with van der Waals surface area (Å²) < 4.78 is 0. The second-order valence-corrected chi connectivity index (χ2v) is 5.00. The molecule has 2 heteroatoms. The maximum absolute atomic E-state index is 6.06. The van der Waals surface area contributed by atoms with Crippen molar-refractivity contribution >= 4 is 0 Å². The van der Waals surface area contributed by atoms with Crippen LogP contribution in [0.5, 0.6) is 0 Å². The maximum Gasteiger partial charge on any atom is 0.0282 e. The Hall–Kier alpha value is -0.600. The lowest BCUT2D eigenvalue weighted by molar-refractivity contribution is 0.430. The molecule has 2 rings (SSSR count). The minimum absolute atomic E-state index is 0.275. The van der Waals surface area contributed by atoms with Gasteiger partial charge in [-0.05, 0) is 38.6 Å². The van der Waals surface area contributed by atoms with Gasteiger partial charge in [0.1, 0.15) is 0 Å². The summed E-state index contributed by atoms with van der Waals surface area (Å²) in [6.45, 7) is 3.35. The van der Waals surface area contributed by atoms with Crippen LogP contribution in [0, 0.1) is 0 Å². The second kappa shape index (κ2) is 5.65. The van der Waals surface area contributed by atoms with Crippen molar-refractivity contribution in [3.63, 3.8) is 0 Å². The smallest absolute Gasteiger partial charge is 0.0282 e. The molecule has 1 fully saturated rings. The Morgan fingerprint density at radius 3 is 2.81 bits per heavy atom. The molecule has 0 amide bonds. The normalized spacial score (nSPS) is 28.2. The predicted octanol–water partition coefficient (Wildman–Crippen LogP) is 2.51. The molecular formula is C14H24N2. The first-order valence-electron chi connectivity index (χ1n) is 6.69. The van der Waals surface area contributed by atoms with Crippen molar-refractivity contribution in [2.24, 2.45) is 5.73 Å². The van der Waals surface area contributed by atoms with Gasteiger partial charge in [0.05, 0.1) is 0 Å². The highest BCUT2D eigenvalue weighted by molar-refractivity contribution is 5.29. The minimum atomic E-state index is 0.275. The molecule has 16 heavy (non-hydrogen) atoms. The Balaban J connectivity index is 1.97. The quantitative estimate of drug-likeness (QED) is 0.767. The fraction of sp³-hybridized carbons (Fsp3) is 0.714.